The zero-order valence-electron chi connectivity index (χ0n) is 12.2. The molecule has 1 N–H and O–H groups in total. The Balaban J connectivity index is 1.90. The lowest BCUT2D eigenvalue weighted by Crippen LogP contribution is -2.37. The van der Waals surface area contributed by atoms with Crippen molar-refractivity contribution in [2.45, 2.75) is 58.5 Å². The van der Waals surface area contributed by atoms with Crippen molar-refractivity contribution in [3.63, 3.8) is 0 Å². The Labute approximate surface area is 115 Å². The van der Waals surface area contributed by atoms with Crippen LogP contribution >= 0.6 is 0 Å². The first-order valence-corrected chi connectivity index (χ1v) is 7.59. The van der Waals surface area contributed by atoms with Crippen molar-refractivity contribution in [3.05, 3.63) is 11.7 Å². The Kier molecular flexibility index (Phi) is 5.79. The normalized spacial score (nSPS) is 19.4. The van der Waals surface area contributed by atoms with E-state index in [1.807, 2.05) is 0 Å². The molecule has 1 aromatic heterocycles. The van der Waals surface area contributed by atoms with Gasteiger partial charge in [0.2, 0.25) is 5.89 Å². The quantitative estimate of drug-likeness (QED) is 0.780. The van der Waals surface area contributed by atoms with Gasteiger partial charge < -0.3 is 9.84 Å². The van der Waals surface area contributed by atoms with Crippen LogP contribution in [0.2, 0.25) is 0 Å². The van der Waals surface area contributed by atoms with E-state index in [1.54, 1.807) is 0 Å². The first kappa shape index (κ1) is 14.5. The van der Waals surface area contributed by atoms with Gasteiger partial charge in [-0.2, -0.15) is 4.98 Å². The van der Waals surface area contributed by atoms with Crippen LogP contribution in [-0.2, 0) is 13.0 Å². The molecule has 1 fully saturated rings. The maximum Gasteiger partial charge on any atom is 0.240 e. The van der Waals surface area contributed by atoms with Crippen LogP contribution in [-0.4, -0.2) is 40.7 Å². The summed E-state index contributed by atoms with van der Waals surface area (Å²) < 4.78 is 5.37. The molecule has 0 aliphatic carbocycles. The van der Waals surface area contributed by atoms with Crippen LogP contribution in [0.1, 0.15) is 51.2 Å². The predicted molar refractivity (Wildman–Crippen MR) is 74.9 cm³/mol. The van der Waals surface area contributed by atoms with Crippen LogP contribution in [0.3, 0.4) is 0 Å². The van der Waals surface area contributed by atoms with Crippen LogP contribution in [0.4, 0.5) is 0 Å². The highest BCUT2D eigenvalue weighted by Crippen LogP contribution is 2.13. The van der Waals surface area contributed by atoms with Gasteiger partial charge in [0.1, 0.15) is 0 Å². The van der Waals surface area contributed by atoms with E-state index in [1.165, 1.54) is 12.8 Å². The Hall–Kier alpha value is -0.940. The fourth-order valence-corrected chi connectivity index (χ4v) is 2.59. The molecule has 1 aliphatic heterocycles. The minimum Gasteiger partial charge on any atom is -0.338 e. The molecule has 2 heterocycles. The lowest BCUT2D eigenvalue weighted by molar-refractivity contribution is 0.174. The number of hydrogen-bond donors (Lipinski definition) is 1. The van der Waals surface area contributed by atoms with Gasteiger partial charge in [-0.1, -0.05) is 25.4 Å². The molecule has 0 radical (unpaired) electrons. The SMILES string of the molecule is CCCCc1noc(CN(CCC)C2CCNC2)n1. The molecule has 19 heavy (non-hydrogen) atoms. The first-order chi connectivity index (χ1) is 9.33. The summed E-state index contributed by atoms with van der Waals surface area (Å²) >= 11 is 0. The number of aryl methyl sites for hydroxylation is 1. The second-order valence-electron chi connectivity index (χ2n) is 5.32. The van der Waals surface area contributed by atoms with Gasteiger partial charge in [-0.25, -0.2) is 0 Å². The number of nitrogens with zero attached hydrogens (tertiary/aromatic N) is 3. The van der Waals surface area contributed by atoms with Crippen LogP contribution < -0.4 is 5.32 Å². The second kappa shape index (κ2) is 7.60. The smallest absolute Gasteiger partial charge is 0.240 e. The maximum atomic E-state index is 5.37. The molecular weight excluding hydrogens is 240 g/mol. The van der Waals surface area contributed by atoms with Gasteiger partial charge in [-0.15, -0.1) is 0 Å². The molecule has 0 saturated carbocycles. The highest BCUT2D eigenvalue weighted by Gasteiger charge is 2.23. The van der Waals surface area contributed by atoms with E-state index in [9.17, 15) is 0 Å². The molecule has 1 saturated heterocycles. The van der Waals surface area contributed by atoms with Gasteiger partial charge in [-0.05, 0) is 32.4 Å². The Bertz CT molecular complexity index is 360. The van der Waals surface area contributed by atoms with Crippen molar-refractivity contribution in [3.8, 4) is 0 Å². The lowest BCUT2D eigenvalue weighted by Gasteiger charge is -2.26. The van der Waals surface area contributed by atoms with E-state index in [-0.39, 0.29) is 0 Å². The molecule has 5 heteroatoms. The zero-order chi connectivity index (χ0) is 13.5. The third-order valence-corrected chi connectivity index (χ3v) is 3.66. The van der Waals surface area contributed by atoms with Gasteiger partial charge in [0.25, 0.3) is 0 Å². The highest BCUT2D eigenvalue weighted by atomic mass is 16.5. The summed E-state index contributed by atoms with van der Waals surface area (Å²) in [7, 11) is 0. The summed E-state index contributed by atoms with van der Waals surface area (Å²) in [5.41, 5.74) is 0. The molecule has 1 atom stereocenters. The molecule has 0 amide bonds. The maximum absolute atomic E-state index is 5.37. The molecule has 1 aliphatic rings. The van der Waals surface area contributed by atoms with Crippen LogP contribution in [0.15, 0.2) is 4.52 Å². The topological polar surface area (TPSA) is 54.2 Å². The van der Waals surface area contributed by atoms with Crippen LogP contribution in [0.5, 0.6) is 0 Å². The second-order valence-corrected chi connectivity index (χ2v) is 5.32. The highest BCUT2D eigenvalue weighted by molar-refractivity contribution is 4.89. The average Bonchev–Trinajstić information content (AvgIpc) is 3.07. The summed E-state index contributed by atoms with van der Waals surface area (Å²) in [5, 5.41) is 7.49. The molecule has 0 bridgehead atoms. The predicted octanol–water partition coefficient (Wildman–Crippen LogP) is 1.99. The van der Waals surface area contributed by atoms with E-state index >= 15 is 0 Å². The molecular formula is C14H26N4O. The molecule has 108 valence electrons. The zero-order valence-corrected chi connectivity index (χ0v) is 12.2. The van der Waals surface area contributed by atoms with E-state index in [0.717, 1.165) is 57.2 Å². The van der Waals surface area contributed by atoms with E-state index in [0.29, 0.717) is 6.04 Å². The number of unbranched alkanes of at least 4 members (excludes halogenated alkanes) is 1. The summed E-state index contributed by atoms with van der Waals surface area (Å²) in [6.07, 6.45) is 5.60. The first-order valence-electron chi connectivity index (χ1n) is 7.59. The number of nitrogens with one attached hydrogen (secondary N) is 1. The van der Waals surface area contributed by atoms with Gasteiger partial charge in [-0.3, -0.25) is 4.90 Å². The van der Waals surface area contributed by atoms with Crippen molar-refractivity contribution in [2.24, 2.45) is 0 Å². The molecule has 0 spiro atoms. The van der Waals surface area contributed by atoms with Crippen molar-refractivity contribution >= 4 is 0 Å². The van der Waals surface area contributed by atoms with E-state index in [2.05, 4.69) is 34.2 Å². The van der Waals surface area contributed by atoms with E-state index < -0.39 is 0 Å². The van der Waals surface area contributed by atoms with Crippen molar-refractivity contribution in [1.82, 2.24) is 20.4 Å². The summed E-state index contributed by atoms with van der Waals surface area (Å²) in [6.45, 7) is 8.48. The number of hydrogen-bond acceptors (Lipinski definition) is 5. The largest absolute Gasteiger partial charge is 0.338 e. The van der Waals surface area contributed by atoms with Crippen molar-refractivity contribution in [2.75, 3.05) is 19.6 Å². The Morgan fingerprint density at radius 3 is 2.95 bits per heavy atom. The molecule has 2 rings (SSSR count). The van der Waals surface area contributed by atoms with Gasteiger partial charge in [0, 0.05) is 19.0 Å². The summed E-state index contributed by atoms with van der Waals surface area (Å²) in [6, 6.07) is 0.617. The Morgan fingerprint density at radius 2 is 2.26 bits per heavy atom. The van der Waals surface area contributed by atoms with Crippen LogP contribution in [0.25, 0.3) is 0 Å². The minimum absolute atomic E-state index is 0.617. The summed E-state index contributed by atoms with van der Waals surface area (Å²) in [5.74, 6) is 1.63. The fraction of sp³-hybridized carbons (Fsp3) is 0.857. The van der Waals surface area contributed by atoms with Gasteiger partial charge >= 0.3 is 0 Å². The average molecular weight is 266 g/mol. The number of rotatable bonds is 8. The van der Waals surface area contributed by atoms with Gasteiger partial charge in [0.05, 0.1) is 6.54 Å². The van der Waals surface area contributed by atoms with Crippen molar-refractivity contribution < 1.29 is 4.52 Å². The van der Waals surface area contributed by atoms with E-state index in [4.69, 9.17) is 4.52 Å². The molecule has 5 nitrogen and oxygen atoms in total. The minimum atomic E-state index is 0.617. The molecule has 1 aromatic rings. The lowest BCUT2D eigenvalue weighted by atomic mass is 10.2. The monoisotopic (exact) mass is 266 g/mol. The fourth-order valence-electron chi connectivity index (χ4n) is 2.59. The van der Waals surface area contributed by atoms with Crippen molar-refractivity contribution in [1.29, 1.82) is 0 Å². The third kappa shape index (κ3) is 4.28. The molecule has 0 aromatic carbocycles. The molecule has 1 unspecified atom stereocenters. The summed E-state index contributed by atoms with van der Waals surface area (Å²) in [4.78, 5) is 6.97. The Morgan fingerprint density at radius 1 is 1.37 bits per heavy atom. The number of aromatic nitrogens is 2. The standard InChI is InChI=1S/C14H26N4O/c1-3-5-6-13-16-14(19-17-13)11-18(9-4-2)12-7-8-15-10-12/h12,15H,3-11H2,1-2H3. The van der Waals surface area contributed by atoms with Crippen LogP contribution in [0, 0.1) is 0 Å². The third-order valence-electron chi connectivity index (χ3n) is 3.66. The van der Waals surface area contributed by atoms with Gasteiger partial charge in [0.15, 0.2) is 5.82 Å².